The van der Waals surface area contributed by atoms with Crippen molar-refractivity contribution in [3.8, 4) is 84.4 Å². The number of aromatic nitrogens is 3. The highest BCUT2D eigenvalue weighted by Crippen LogP contribution is 2.49. The number of benzene rings is 7. The van der Waals surface area contributed by atoms with Crippen LogP contribution in [0.15, 0.2) is 176 Å². The lowest BCUT2D eigenvalue weighted by molar-refractivity contribution is 0.106. The van der Waals surface area contributed by atoms with Gasteiger partial charge in [-0.15, -0.1) is 0 Å². The van der Waals surface area contributed by atoms with E-state index in [9.17, 15) is 0 Å². The Morgan fingerprint density at radius 2 is 0.731 bits per heavy atom. The third-order valence-electron chi connectivity index (χ3n) is 9.83. The fourth-order valence-electron chi connectivity index (χ4n) is 7.14. The number of nitrogens with zero attached hydrogens (tertiary/aromatic N) is 3. The first-order chi connectivity index (χ1) is 25.5. The second-order valence-corrected chi connectivity index (χ2v) is 13.6. The molecular weight excluding hydrogens is 635 g/mol. The second kappa shape index (κ2) is 12.9. The number of ether oxygens (including phenoxy) is 1. The number of fused-ring (bicyclic) bond motifs is 3. The van der Waals surface area contributed by atoms with E-state index in [1.807, 2.05) is 12.1 Å². The Bertz CT molecular complexity index is 2420. The molecule has 7 aromatic carbocycles. The van der Waals surface area contributed by atoms with E-state index in [1.54, 1.807) is 0 Å². The molecule has 0 saturated heterocycles. The molecule has 0 aliphatic carbocycles. The summed E-state index contributed by atoms with van der Waals surface area (Å²) in [5, 5.41) is 0. The van der Waals surface area contributed by atoms with E-state index in [1.165, 1.54) is 22.3 Å². The third-order valence-corrected chi connectivity index (χ3v) is 9.83. The van der Waals surface area contributed by atoms with Crippen molar-refractivity contribution in [2.75, 3.05) is 0 Å². The molecule has 4 heteroatoms. The summed E-state index contributed by atoms with van der Waals surface area (Å²) in [6.45, 7) is 4.26. The van der Waals surface area contributed by atoms with E-state index in [4.69, 9.17) is 19.7 Å². The van der Waals surface area contributed by atoms with Crippen molar-refractivity contribution in [2.45, 2.75) is 19.4 Å². The van der Waals surface area contributed by atoms with Gasteiger partial charge in [0.2, 0.25) is 0 Å². The molecule has 0 saturated carbocycles. The summed E-state index contributed by atoms with van der Waals surface area (Å²) >= 11 is 0. The smallest absolute Gasteiger partial charge is 0.164 e. The molecule has 1 aliphatic heterocycles. The normalized spacial score (nSPS) is 12.7. The minimum Gasteiger partial charge on any atom is -0.482 e. The van der Waals surface area contributed by atoms with Crippen LogP contribution in [0.1, 0.15) is 19.4 Å². The molecule has 0 unspecified atom stereocenters. The quantitative estimate of drug-likeness (QED) is 0.177. The summed E-state index contributed by atoms with van der Waals surface area (Å²) in [7, 11) is 0. The molecule has 0 fully saturated rings. The van der Waals surface area contributed by atoms with E-state index in [-0.39, 0.29) is 0 Å². The lowest BCUT2D eigenvalue weighted by atomic mass is 9.83. The van der Waals surface area contributed by atoms with Crippen LogP contribution in [0.2, 0.25) is 0 Å². The van der Waals surface area contributed by atoms with Gasteiger partial charge in [-0.3, -0.25) is 0 Å². The molecule has 52 heavy (non-hydrogen) atoms. The molecule has 4 nitrogen and oxygen atoms in total. The molecule has 0 radical (unpaired) electrons. The van der Waals surface area contributed by atoms with E-state index >= 15 is 0 Å². The van der Waals surface area contributed by atoms with Crippen molar-refractivity contribution in [3.63, 3.8) is 0 Å². The lowest BCUT2D eigenvalue weighted by Crippen LogP contribution is -2.29. The molecule has 2 heterocycles. The molecule has 0 spiro atoms. The van der Waals surface area contributed by atoms with Gasteiger partial charge in [0.05, 0.1) is 0 Å². The summed E-state index contributed by atoms with van der Waals surface area (Å²) in [6.07, 6.45) is 0. The van der Waals surface area contributed by atoms with Crippen LogP contribution in [-0.2, 0) is 5.60 Å². The van der Waals surface area contributed by atoms with Crippen LogP contribution >= 0.6 is 0 Å². The van der Waals surface area contributed by atoms with Gasteiger partial charge in [0.15, 0.2) is 17.5 Å². The molecule has 248 valence electrons. The largest absolute Gasteiger partial charge is 0.482 e. The first-order valence-electron chi connectivity index (χ1n) is 17.6. The molecule has 8 aromatic rings. The maximum Gasteiger partial charge on any atom is 0.164 e. The Morgan fingerprint density at radius 1 is 0.346 bits per heavy atom. The van der Waals surface area contributed by atoms with Gasteiger partial charge in [0, 0.05) is 27.8 Å². The van der Waals surface area contributed by atoms with Gasteiger partial charge in [-0.2, -0.15) is 0 Å². The molecule has 1 aliphatic rings. The Hall–Kier alpha value is -6.65. The van der Waals surface area contributed by atoms with E-state index in [2.05, 4.69) is 178 Å². The summed E-state index contributed by atoms with van der Waals surface area (Å²) in [6, 6.07) is 61.0. The molecule has 0 bridgehead atoms. The molecular formula is C48H35N3O. The van der Waals surface area contributed by atoms with Crippen LogP contribution in [0.4, 0.5) is 0 Å². The van der Waals surface area contributed by atoms with Crippen molar-refractivity contribution in [3.05, 3.63) is 181 Å². The summed E-state index contributed by atoms with van der Waals surface area (Å²) < 4.78 is 6.55. The highest BCUT2D eigenvalue weighted by molar-refractivity contribution is 5.91. The van der Waals surface area contributed by atoms with E-state index in [0.717, 1.165) is 50.3 Å². The maximum atomic E-state index is 6.55. The highest BCUT2D eigenvalue weighted by atomic mass is 16.5. The van der Waals surface area contributed by atoms with Gasteiger partial charge in [0.1, 0.15) is 11.4 Å². The SMILES string of the molecule is CC1(C)Oc2cccc(-c3ccc(-c4nc(-c5ccc(-c6ccccc6)cc5)nc(-c5ccc(-c6ccccc6)cc5)n4)cc3)c2-c2ccccc21. The minimum absolute atomic E-state index is 0.413. The molecule has 0 N–H and O–H groups in total. The molecule has 0 atom stereocenters. The van der Waals surface area contributed by atoms with E-state index in [0.29, 0.717) is 17.5 Å². The van der Waals surface area contributed by atoms with Gasteiger partial charge in [-0.25, -0.2) is 15.0 Å². The number of rotatable bonds is 6. The maximum absolute atomic E-state index is 6.55. The van der Waals surface area contributed by atoms with Gasteiger partial charge in [0.25, 0.3) is 0 Å². The average Bonchev–Trinajstić information content (AvgIpc) is 3.21. The van der Waals surface area contributed by atoms with Gasteiger partial charge >= 0.3 is 0 Å². The predicted octanol–water partition coefficient (Wildman–Crippen LogP) is 12.2. The van der Waals surface area contributed by atoms with Crippen molar-refractivity contribution >= 4 is 0 Å². The second-order valence-electron chi connectivity index (χ2n) is 13.6. The first kappa shape index (κ1) is 31.3. The first-order valence-corrected chi connectivity index (χ1v) is 17.6. The Labute approximate surface area is 304 Å². The molecule has 1 aromatic heterocycles. The van der Waals surface area contributed by atoms with Crippen LogP contribution in [0.3, 0.4) is 0 Å². The molecule has 0 amide bonds. The average molecular weight is 670 g/mol. The van der Waals surface area contributed by atoms with Crippen molar-refractivity contribution in [2.24, 2.45) is 0 Å². The fraction of sp³-hybridized carbons (Fsp3) is 0.0625. The topological polar surface area (TPSA) is 47.9 Å². The monoisotopic (exact) mass is 669 g/mol. The van der Waals surface area contributed by atoms with Crippen LogP contribution in [0.25, 0.3) is 78.7 Å². The highest BCUT2D eigenvalue weighted by Gasteiger charge is 2.33. The summed E-state index contributed by atoms with van der Waals surface area (Å²) in [4.78, 5) is 15.1. The predicted molar refractivity (Wildman–Crippen MR) is 212 cm³/mol. The Balaban J connectivity index is 1.11. The Kier molecular flexibility index (Phi) is 7.78. The standard InChI is InChI=1S/C48H35N3O/c1-48(2)42-18-10-9-16-41(42)44-40(17-11-19-43(44)52-48)36-24-30-39(31-25-36)47-50-45(37-26-20-34(21-27-37)32-12-5-3-6-13-32)49-46(51-47)38-28-22-35(23-29-38)33-14-7-4-8-15-33/h3-31H,1-2H3. The van der Waals surface area contributed by atoms with Crippen LogP contribution in [0, 0.1) is 0 Å². The number of hydrogen-bond acceptors (Lipinski definition) is 4. The van der Waals surface area contributed by atoms with Gasteiger partial charge in [-0.1, -0.05) is 170 Å². The van der Waals surface area contributed by atoms with Crippen LogP contribution < -0.4 is 4.74 Å². The summed E-state index contributed by atoms with van der Waals surface area (Å²) in [5.41, 5.74) is 12.7. The van der Waals surface area contributed by atoms with Crippen molar-refractivity contribution in [1.29, 1.82) is 0 Å². The van der Waals surface area contributed by atoms with Gasteiger partial charge < -0.3 is 4.74 Å². The zero-order valence-electron chi connectivity index (χ0n) is 29.0. The lowest BCUT2D eigenvalue weighted by Gasteiger charge is -2.35. The van der Waals surface area contributed by atoms with Crippen molar-refractivity contribution < 1.29 is 4.74 Å². The van der Waals surface area contributed by atoms with Crippen LogP contribution in [0.5, 0.6) is 5.75 Å². The third kappa shape index (κ3) is 5.84. The Morgan fingerprint density at radius 3 is 1.23 bits per heavy atom. The zero-order chi connectivity index (χ0) is 35.1. The fourth-order valence-corrected chi connectivity index (χ4v) is 7.14. The van der Waals surface area contributed by atoms with Gasteiger partial charge in [-0.05, 0) is 58.9 Å². The zero-order valence-corrected chi connectivity index (χ0v) is 29.0. The molecule has 9 rings (SSSR count). The van der Waals surface area contributed by atoms with Crippen LogP contribution in [-0.4, -0.2) is 15.0 Å². The van der Waals surface area contributed by atoms with E-state index < -0.39 is 5.60 Å². The number of hydrogen-bond donors (Lipinski definition) is 0. The van der Waals surface area contributed by atoms with Crippen molar-refractivity contribution in [1.82, 2.24) is 15.0 Å². The summed E-state index contributed by atoms with van der Waals surface area (Å²) in [5.74, 6) is 2.78. The minimum atomic E-state index is -0.413.